The molecule has 0 aliphatic rings. The van der Waals surface area contributed by atoms with Crippen molar-refractivity contribution in [3.8, 4) is 22.7 Å². The fraction of sp³-hybridized carbons (Fsp3) is 0.222. The lowest BCUT2D eigenvalue weighted by Gasteiger charge is -2.14. The zero-order chi connectivity index (χ0) is 29.9. The molecule has 0 radical (unpaired) electrons. The summed E-state index contributed by atoms with van der Waals surface area (Å²) in [7, 11) is -3.64. The molecule has 0 bridgehead atoms. The summed E-state index contributed by atoms with van der Waals surface area (Å²) in [5.41, 5.74) is 2.82. The number of hydrogen-bond acceptors (Lipinski definition) is 10. The van der Waals surface area contributed by atoms with Crippen molar-refractivity contribution in [2.75, 3.05) is 30.0 Å². The Hall–Kier alpha value is -4.79. The van der Waals surface area contributed by atoms with Gasteiger partial charge in [-0.2, -0.15) is 23.3 Å². The number of hydrogen-bond donors (Lipinski definition) is 2. The van der Waals surface area contributed by atoms with Gasteiger partial charge in [0, 0.05) is 18.4 Å². The molecule has 218 valence electrons. The van der Waals surface area contributed by atoms with E-state index in [0.29, 0.717) is 17.8 Å². The van der Waals surface area contributed by atoms with Gasteiger partial charge in [0.05, 0.1) is 23.5 Å². The summed E-state index contributed by atoms with van der Waals surface area (Å²) in [6.07, 6.45) is -0.436. The van der Waals surface area contributed by atoms with Gasteiger partial charge in [-0.3, -0.25) is 0 Å². The third kappa shape index (κ3) is 6.74. The van der Waals surface area contributed by atoms with Gasteiger partial charge in [0.1, 0.15) is 35.4 Å². The van der Waals surface area contributed by atoms with Crippen molar-refractivity contribution in [1.82, 2.24) is 29.7 Å². The Kier molecular flexibility index (Phi) is 7.93. The maximum absolute atomic E-state index is 13.1. The second-order valence-electron chi connectivity index (χ2n) is 9.16. The number of halogens is 3. The molecule has 15 heteroatoms. The van der Waals surface area contributed by atoms with Crippen molar-refractivity contribution in [2.45, 2.75) is 24.5 Å². The summed E-state index contributed by atoms with van der Waals surface area (Å²) in [4.78, 5) is 17.1. The first-order chi connectivity index (χ1) is 20.0. The smallest absolute Gasteiger partial charge is 0.405 e. The maximum Gasteiger partial charge on any atom is 0.405 e. The van der Waals surface area contributed by atoms with Gasteiger partial charge in [-0.15, -0.1) is 0 Å². The van der Waals surface area contributed by atoms with Crippen molar-refractivity contribution in [1.29, 1.82) is 0 Å². The lowest BCUT2D eigenvalue weighted by atomic mass is 10.1. The van der Waals surface area contributed by atoms with Crippen molar-refractivity contribution in [3.05, 3.63) is 72.8 Å². The first kappa shape index (κ1) is 28.7. The Balaban J connectivity index is 1.46. The molecule has 0 spiro atoms. The fourth-order valence-electron chi connectivity index (χ4n) is 4.08. The largest absolute Gasteiger partial charge is 0.493 e. The molecule has 5 aromatic rings. The summed E-state index contributed by atoms with van der Waals surface area (Å²) in [6.45, 7) is 0.968. The molecule has 0 fully saturated rings. The Labute approximate surface area is 238 Å². The molecule has 2 aromatic carbocycles. The molecule has 0 saturated carbocycles. The Morgan fingerprint density at radius 3 is 2.43 bits per heavy atom. The number of benzene rings is 2. The van der Waals surface area contributed by atoms with E-state index >= 15 is 0 Å². The first-order valence-corrected chi connectivity index (χ1v) is 14.5. The molecule has 42 heavy (non-hydrogen) atoms. The van der Waals surface area contributed by atoms with Crippen LogP contribution >= 0.6 is 0 Å². The summed E-state index contributed by atoms with van der Waals surface area (Å²) in [5, 5.41) is 9.45. The lowest BCUT2D eigenvalue weighted by molar-refractivity contribution is -0.115. The second kappa shape index (κ2) is 11.6. The van der Waals surface area contributed by atoms with E-state index < -0.39 is 22.6 Å². The summed E-state index contributed by atoms with van der Waals surface area (Å²) < 4.78 is 71.2. The SMILES string of the molecule is CCOc1ccc(-c2ccc3nc(NCc4ccc(-n5cncn5)cc4)nc(NCC(F)(F)F)c3n2)cc1S(C)(=O)=O. The van der Waals surface area contributed by atoms with Crippen molar-refractivity contribution in [3.63, 3.8) is 0 Å². The normalized spacial score (nSPS) is 11.9. The Bertz CT molecular complexity index is 1810. The molecule has 0 unspecified atom stereocenters. The number of nitrogens with one attached hydrogen (secondary N) is 2. The highest BCUT2D eigenvalue weighted by atomic mass is 32.2. The highest BCUT2D eigenvalue weighted by molar-refractivity contribution is 7.90. The van der Waals surface area contributed by atoms with Gasteiger partial charge in [0.25, 0.3) is 0 Å². The third-order valence-electron chi connectivity index (χ3n) is 6.01. The molecule has 3 heterocycles. The predicted molar refractivity (Wildman–Crippen MR) is 150 cm³/mol. The zero-order valence-corrected chi connectivity index (χ0v) is 23.2. The molecule has 11 nitrogen and oxygen atoms in total. The topological polar surface area (TPSA) is 137 Å². The number of nitrogens with zero attached hydrogens (tertiary/aromatic N) is 6. The van der Waals surface area contributed by atoms with E-state index in [2.05, 4.69) is 35.7 Å². The number of aromatic nitrogens is 6. The average Bonchev–Trinajstić information content (AvgIpc) is 3.49. The van der Waals surface area contributed by atoms with Gasteiger partial charge in [-0.25, -0.2) is 28.1 Å². The van der Waals surface area contributed by atoms with Crippen LogP contribution in [0.2, 0.25) is 0 Å². The minimum absolute atomic E-state index is 0.0238. The van der Waals surface area contributed by atoms with E-state index in [1.54, 1.807) is 36.1 Å². The molecule has 0 atom stereocenters. The Morgan fingerprint density at radius 2 is 1.76 bits per heavy atom. The molecule has 0 aliphatic heterocycles. The molecule has 3 aromatic heterocycles. The number of fused-ring (bicyclic) bond motifs is 1. The first-order valence-electron chi connectivity index (χ1n) is 12.6. The van der Waals surface area contributed by atoms with Gasteiger partial charge in [0.2, 0.25) is 5.95 Å². The van der Waals surface area contributed by atoms with Crippen LogP contribution in [-0.4, -0.2) is 63.7 Å². The van der Waals surface area contributed by atoms with Crippen LogP contribution in [0.3, 0.4) is 0 Å². The minimum atomic E-state index is -4.51. The standard InChI is InChI=1S/C27H25F3N8O3S/c1-3-41-22-11-6-18(12-23(22)42(2,39)40)20-9-10-21-24(35-20)25(33-14-27(28,29)30)37-26(36-21)32-13-17-4-7-19(8-5-17)38-16-31-15-34-38/h4-12,15-16H,3,13-14H2,1-2H3,(H2,32,33,36,37). The monoisotopic (exact) mass is 598 g/mol. The molecule has 0 saturated heterocycles. The average molecular weight is 599 g/mol. The minimum Gasteiger partial charge on any atom is -0.493 e. The van der Waals surface area contributed by atoms with Crippen LogP contribution in [0.15, 0.2) is 72.1 Å². The number of pyridine rings is 1. The fourth-order valence-corrected chi connectivity index (χ4v) is 4.92. The Morgan fingerprint density at radius 1 is 0.976 bits per heavy atom. The number of alkyl halides is 3. The molecular formula is C27H25F3N8O3S. The molecule has 0 aliphatic carbocycles. The number of sulfone groups is 1. The van der Waals surface area contributed by atoms with E-state index in [9.17, 15) is 21.6 Å². The van der Waals surface area contributed by atoms with Crippen LogP contribution in [0, 0.1) is 0 Å². The lowest BCUT2D eigenvalue weighted by Crippen LogP contribution is -2.22. The van der Waals surface area contributed by atoms with Crippen molar-refractivity contribution in [2.24, 2.45) is 0 Å². The highest BCUT2D eigenvalue weighted by Gasteiger charge is 2.27. The van der Waals surface area contributed by atoms with Crippen LogP contribution in [-0.2, 0) is 16.4 Å². The maximum atomic E-state index is 13.1. The van der Waals surface area contributed by atoms with Gasteiger partial charge >= 0.3 is 6.18 Å². The molecule has 0 amide bonds. The summed E-state index contributed by atoms with van der Waals surface area (Å²) >= 11 is 0. The van der Waals surface area contributed by atoms with Crippen LogP contribution < -0.4 is 15.4 Å². The van der Waals surface area contributed by atoms with Gasteiger partial charge < -0.3 is 15.4 Å². The summed E-state index contributed by atoms with van der Waals surface area (Å²) in [6, 6.07) is 15.2. The van der Waals surface area contributed by atoms with Gasteiger partial charge in [0.15, 0.2) is 15.7 Å². The third-order valence-corrected chi connectivity index (χ3v) is 7.13. The van der Waals surface area contributed by atoms with E-state index in [4.69, 9.17) is 4.74 Å². The zero-order valence-electron chi connectivity index (χ0n) is 22.4. The number of rotatable bonds is 10. The van der Waals surface area contributed by atoms with Crippen molar-refractivity contribution < 1.29 is 26.3 Å². The number of anilines is 2. The molecule has 2 N–H and O–H groups in total. The van der Waals surface area contributed by atoms with Crippen LogP contribution in [0.5, 0.6) is 5.75 Å². The van der Waals surface area contributed by atoms with E-state index in [1.807, 2.05) is 24.3 Å². The molecule has 5 rings (SSSR count). The quantitative estimate of drug-likeness (QED) is 0.234. The van der Waals surface area contributed by atoms with E-state index in [-0.39, 0.29) is 40.1 Å². The number of ether oxygens (including phenoxy) is 1. The summed E-state index contributed by atoms with van der Waals surface area (Å²) in [5.74, 6) is 0.171. The van der Waals surface area contributed by atoms with Gasteiger partial charge in [-0.1, -0.05) is 12.1 Å². The van der Waals surface area contributed by atoms with Gasteiger partial charge in [-0.05, 0) is 55.0 Å². The van der Waals surface area contributed by atoms with Crippen LogP contribution in [0.25, 0.3) is 28.0 Å². The van der Waals surface area contributed by atoms with Crippen LogP contribution in [0.1, 0.15) is 12.5 Å². The molecular weight excluding hydrogens is 573 g/mol. The van der Waals surface area contributed by atoms with Crippen LogP contribution in [0.4, 0.5) is 24.9 Å². The van der Waals surface area contributed by atoms with E-state index in [0.717, 1.165) is 17.5 Å². The highest BCUT2D eigenvalue weighted by Crippen LogP contribution is 2.31. The van der Waals surface area contributed by atoms with E-state index in [1.165, 1.54) is 18.5 Å². The van der Waals surface area contributed by atoms with Crippen molar-refractivity contribution >= 4 is 32.6 Å². The predicted octanol–water partition coefficient (Wildman–Crippen LogP) is 4.66. The second-order valence-corrected chi connectivity index (χ2v) is 11.1.